The van der Waals surface area contributed by atoms with Gasteiger partial charge in [0.25, 0.3) is 0 Å². The summed E-state index contributed by atoms with van der Waals surface area (Å²) >= 11 is 5.33. The predicted molar refractivity (Wildman–Crippen MR) is 159 cm³/mol. The van der Waals surface area contributed by atoms with Gasteiger partial charge in [0.15, 0.2) is 29.0 Å². The van der Waals surface area contributed by atoms with E-state index in [9.17, 15) is 14.4 Å². The summed E-state index contributed by atoms with van der Waals surface area (Å²) in [6.45, 7) is -0.331. The molecule has 0 bridgehead atoms. The van der Waals surface area contributed by atoms with Crippen LogP contribution in [-0.4, -0.2) is 62.3 Å². The van der Waals surface area contributed by atoms with Crippen molar-refractivity contribution in [3.8, 4) is 0 Å². The minimum absolute atomic E-state index is 0.0282. The van der Waals surface area contributed by atoms with Crippen LogP contribution in [0.4, 0.5) is 5.95 Å². The molecule has 13 heteroatoms. The van der Waals surface area contributed by atoms with E-state index in [0.29, 0.717) is 16.7 Å². The number of nitrogens with one attached hydrogen (secondary N) is 1. The van der Waals surface area contributed by atoms with Gasteiger partial charge in [0.2, 0.25) is 0 Å². The third-order valence-corrected chi connectivity index (χ3v) is 7.20. The van der Waals surface area contributed by atoms with E-state index in [1.807, 2.05) is 0 Å². The highest BCUT2D eigenvalue weighted by atomic mass is 32.1. The highest BCUT2D eigenvalue weighted by Crippen LogP contribution is 2.37. The average molecular weight is 612 g/mol. The lowest BCUT2D eigenvalue weighted by Crippen LogP contribution is -2.41. The number of nitrogen functional groups attached to an aromatic ring is 1. The number of benzene rings is 3. The largest absolute Gasteiger partial charge is 0.459 e. The highest BCUT2D eigenvalue weighted by Gasteiger charge is 2.51. The van der Waals surface area contributed by atoms with Crippen LogP contribution in [0.15, 0.2) is 97.3 Å². The van der Waals surface area contributed by atoms with Crippen LogP contribution in [0.5, 0.6) is 0 Å². The number of fused-ring (bicyclic) bond motifs is 1. The van der Waals surface area contributed by atoms with E-state index in [1.165, 1.54) is 10.9 Å². The van der Waals surface area contributed by atoms with E-state index >= 15 is 0 Å². The van der Waals surface area contributed by atoms with Crippen molar-refractivity contribution < 1.29 is 33.3 Å². The number of anilines is 1. The fourth-order valence-electron chi connectivity index (χ4n) is 4.83. The Kier molecular flexibility index (Phi) is 8.12. The normalized spacial score (nSPS) is 19.4. The molecule has 0 amide bonds. The molecule has 3 aromatic carbocycles. The number of imidazole rings is 1. The second kappa shape index (κ2) is 12.5. The van der Waals surface area contributed by atoms with E-state index in [0.717, 1.165) is 0 Å². The van der Waals surface area contributed by atoms with Gasteiger partial charge < -0.3 is 29.7 Å². The van der Waals surface area contributed by atoms with Crippen molar-refractivity contribution in [1.29, 1.82) is 0 Å². The summed E-state index contributed by atoms with van der Waals surface area (Å²) in [4.78, 5) is 50.8. The van der Waals surface area contributed by atoms with E-state index in [4.69, 9.17) is 36.9 Å². The molecular formula is C31H25N5O7S. The Labute approximate surface area is 255 Å². The fourth-order valence-corrected chi connectivity index (χ4v) is 5.07. The van der Waals surface area contributed by atoms with Gasteiger partial charge in [0.1, 0.15) is 23.9 Å². The standard InChI is InChI=1S/C31H25N5O7S/c32-31-34-25-22(26(44)35-31)33-17-36(25)27-24(43-30(39)20-14-8-3-9-15-20)23(42-29(38)19-12-6-2-7-13-19)21(41-27)16-40-28(37)18-10-4-1-5-11-18/h1-15,17,21,23-24,27H,16H2,(H3,32,34,35,44)/t21-,23+,24-,27+/m0/s1. The molecule has 0 saturated carbocycles. The maximum absolute atomic E-state index is 13.4. The molecule has 3 N–H and O–H groups in total. The molecule has 4 atom stereocenters. The Hall–Kier alpha value is -5.40. The van der Waals surface area contributed by atoms with Gasteiger partial charge in [-0.15, -0.1) is 0 Å². The van der Waals surface area contributed by atoms with Gasteiger partial charge in [-0.3, -0.25) is 4.57 Å². The van der Waals surface area contributed by atoms with E-state index in [1.54, 1.807) is 91.0 Å². The van der Waals surface area contributed by atoms with Gasteiger partial charge in [0.05, 0.1) is 23.0 Å². The molecule has 2 aromatic heterocycles. The number of carbonyl (C=O) groups is 3. The maximum Gasteiger partial charge on any atom is 0.338 e. The molecule has 0 radical (unpaired) electrons. The molecule has 0 spiro atoms. The minimum atomic E-state index is -1.23. The number of hydrogen-bond acceptors (Lipinski definition) is 11. The van der Waals surface area contributed by atoms with Crippen LogP contribution in [0.1, 0.15) is 37.3 Å². The van der Waals surface area contributed by atoms with Crippen LogP contribution in [0.3, 0.4) is 0 Å². The van der Waals surface area contributed by atoms with E-state index in [-0.39, 0.29) is 28.3 Å². The second-order valence-corrected chi connectivity index (χ2v) is 10.2. The first kappa shape index (κ1) is 28.7. The topological polar surface area (TPSA) is 161 Å². The number of nitrogens with zero attached hydrogens (tertiary/aromatic N) is 3. The number of aromatic amines is 1. The van der Waals surface area contributed by atoms with Gasteiger partial charge in [-0.05, 0) is 36.4 Å². The number of aromatic nitrogens is 4. The Morgan fingerprint density at radius 1 is 0.818 bits per heavy atom. The van der Waals surface area contributed by atoms with Crippen molar-refractivity contribution in [3.63, 3.8) is 0 Å². The van der Waals surface area contributed by atoms with Crippen molar-refractivity contribution in [2.24, 2.45) is 0 Å². The quantitative estimate of drug-likeness (QED) is 0.146. The summed E-state index contributed by atoms with van der Waals surface area (Å²) in [6.07, 6.45) is -3.21. The molecule has 1 aliphatic heterocycles. The first-order valence-electron chi connectivity index (χ1n) is 13.5. The van der Waals surface area contributed by atoms with Crippen molar-refractivity contribution in [2.75, 3.05) is 12.3 Å². The molecule has 0 unspecified atom stereocenters. The summed E-state index contributed by atoms with van der Waals surface area (Å²) in [5.41, 5.74) is 7.45. The molecule has 1 aliphatic rings. The minimum Gasteiger partial charge on any atom is -0.459 e. The monoisotopic (exact) mass is 611 g/mol. The van der Waals surface area contributed by atoms with Crippen LogP contribution >= 0.6 is 12.2 Å². The lowest BCUT2D eigenvalue weighted by molar-refractivity contribution is -0.0606. The number of rotatable bonds is 8. The number of H-pyrrole nitrogens is 1. The van der Waals surface area contributed by atoms with Crippen molar-refractivity contribution in [1.82, 2.24) is 19.5 Å². The molecule has 44 heavy (non-hydrogen) atoms. The summed E-state index contributed by atoms with van der Waals surface area (Å²) in [7, 11) is 0. The number of carbonyl (C=O) groups excluding carboxylic acids is 3. The summed E-state index contributed by atoms with van der Waals surface area (Å²) in [5, 5.41) is 0. The molecule has 1 fully saturated rings. The summed E-state index contributed by atoms with van der Waals surface area (Å²) < 4.78 is 25.6. The van der Waals surface area contributed by atoms with E-state index < -0.39 is 42.4 Å². The molecule has 0 aliphatic carbocycles. The van der Waals surface area contributed by atoms with Crippen LogP contribution in [0.2, 0.25) is 0 Å². The van der Waals surface area contributed by atoms with Crippen molar-refractivity contribution >= 4 is 47.2 Å². The lowest BCUT2D eigenvalue weighted by atomic mass is 10.1. The van der Waals surface area contributed by atoms with Gasteiger partial charge in [0, 0.05) is 0 Å². The first-order valence-corrected chi connectivity index (χ1v) is 13.9. The van der Waals surface area contributed by atoms with Gasteiger partial charge >= 0.3 is 17.9 Å². The SMILES string of the molecule is Nc1nc(=S)c2ncn([C@@H]3O[C@@H](COC(=O)c4ccccc4)[C@@H](OC(=O)c4ccccc4)[C@@H]3OC(=O)c3ccccc3)c2[nH]1. The smallest absolute Gasteiger partial charge is 0.338 e. The number of ether oxygens (including phenoxy) is 4. The summed E-state index contributed by atoms with van der Waals surface area (Å²) in [5.74, 6) is -1.96. The number of nitrogens with two attached hydrogens (primary N) is 1. The number of esters is 3. The molecule has 12 nitrogen and oxygen atoms in total. The third kappa shape index (κ3) is 5.91. The zero-order chi connectivity index (χ0) is 30.6. The van der Waals surface area contributed by atoms with Crippen LogP contribution in [0.25, 0.3) is 11.2 Å². The fraction of sp³-hybridized carbons (Fsp3) is 0.161. The van der Waals surface area contributed by atoms with Crippen molar-refractivity contribution in [2.45, 2.75) is 24.5 Å². The van der Waals surface area contributed by atoms with Crippen LogP contribution < -0.4 is 5.73 Å². The molecule has 222 valence electrons. The lowest BCUT2D eigenvalue weighted by Gasteiger charge is -2.25. The summed E-state index contributed by atoms with van der Waals surface area (Å²) in [6, 6.07) is 25.0. The van der Waals surface area contributed by atoms with Crippen LogP contribution in [-0.2, 0) is 18.9 Å². The Morgan fingerprint density at radius 3 is 1.91 bits per heavy atom. The average Bonchev–Trinajstić information content (AvgIpc) is 3.62. The third-order valence-electron chi connectivity index (χ3n) is 6.92. The Balaban J connectivity index is 1.39. The number of hydrogen-bond donors (Lipinski definition) is 2. The van der Waals surface area contributed by atoms with Gasteiger partial charge in [-0.2, -0.15) is 0 Å². The zero-order valence-corrected chi connectivity index (χ0v) is 23.8. The molecule has 1 saturated heterocycles. The van der Waals surface area contributed by atoms with Gasteiger partial charge in [-0.1, -0.05) is 66.8 Å². The zero-order valence-electron chi connectivity index (χ0n) is 22.9. The highest BCUT2D eigenvalue weighted by molar-refractivity contribution is 7.71. The first-order chi connectivity index (χ1) is 21.4. The van der Waals surface area contributed by atoms with Crippen molar-refractivity contribution in [3.05, 3.63) is 119 Å². The van der Waals surface area contributed by atoms with Crippen LogP contribution in [0, 0.1) is 4.64 Å². The van der Waals surface area contributed by atoms with E-state index in [2.05, 4.69) is 15.0 Å². The molecule has 5 aromatic rings. The molecule has 3 heterocycles. The second-order valence-electron chi connectivity index (χ2n) is 9.78. The molecular weight excluding hydrogens is 586 g/mol. The van der Waals surface area contributed by atoms with Gasteiger partial charge in [-0.25, -0.2) is 24.4 Å². The Bertz CT molecular complexity index is 1860. The molecule has 6 rings (SSSR count). The predicted octanol–water partition coefficient (Wildman–Crippen LogP) is 4.28. The Morgan fingerprint density at radius 2 is 1.34 bits per heavy atom. The maximum atomic E-state index is 13.4.